The molecule has 0 bridgehead atoms. The Morgan fingerprint density at radius 3 is 2.50 bits per heavy atom. The number of nitrogens with zero attached hydrogens (tertiary/aromatic N) is 1. The fourth-order valence-electron chi connectivity index (χ4n) is 3.35. The topological polar surface area (TPSA) is 95.9 Å². The first-order valence-electron chi connectivity index (χ1n) is 9.38. The number of sulfonamides is 1. The molecule has 0 aromatic heterocycles. The first-order valence-corrected chi connectivity index (χ1v) is 11.4. The molecule has 1 atom stereocenters. The monoisotopic (exact) mass is 456 g/mol. The number of ether oxygens (including phenoxy) is 1. The quantitative estimate of drug-likeness (QED) is 0.662. The maximum atomic E-state index is 13.2. The summed E-state index contributed by atoms with van der Waals surface area (Å²) in [5.74, 6) is -0.482. The number of carbonyl (C=O) groups is 1. The number of hydrogen-bond donors (Lipinski definition) is 2. The van der Waals surface area contributed by atoms with Crippen LogP contribution in [0.5, 0.6) is 5.75 Å². The van der Waals surface area contributed by atoms with Crippen molar-refractivity contribution in [3.8, 4) is 5.75 Å². The minimum atomic E-state index is -3.71. The van der Waals surface area contributed by atoms with Gasteiger partial charge < -0.3 is 15.2 Å². The Kier molecular flexibility index (Phi) is 7.17. The number of benzene rings is 2. The zero-order valence-electron chi connectivity index (χ0n) is 16.0. The number of hydrogen-bond acceptors (Lipinski definition) is 4. The summed E-state index contributed by atoms with van der Waals surface area (Å²) in [5, 5.41) is 11.5. The molecule has 1 saturated heterocycles. The highest BCUT2D eigenvalue weighted by Crippen LogP contribution is 2.29. The summed E-state index contributed by atoms with van der Waals surface area (Å²) in [6.45, 7) is 0.473. The molecular formula is C20H22ClFN2O5S. The molecule has 30 heavy (non-hydrogen) atoms. The van der Waals surface area contributed by atoms with E-state index in [0.717, 1.165) is 6.07 Å². The normalized spacial score (nSPS) is 16.7. The predicted molar refractivity (Wildman–Crippen MR) is 111 cm³/mol. The highest BCUT2D eigenvalue weighted by Gasteiger charge is 2.32. The van der Waals surface area contributed by atoms with Crippen molar-refractivity contribution in [2.45, 2.75) is 25.0 Å². The first-order chi connectivity index (χ1) is 14.2. The minimum absolute atomic E-state index is 0.162. The average molecular weight is 457 g/mol. The standard InChI is InChI=1S/C20H22ClFN2O5S/c21-17-12-15(22)6-7-19(17)29-16-8-10-24(11-9-16)30(27,28)13-18(23-20(25)26)14-4-2-1-3-5-14/h1-7,12,16,18,23H,8-11,13H2,(H,25,26). The molecule has 0 aliphatic carbocycles. The minimum Gasteiger partial charge on any atom is -0.489 e. The van der Waals surface area contributed by atoms with E-state index in [1.807, 2.05) is 0 Å². The second-order valence-electron chi connectivity index (χ2n) is 6.98. The van der Waals surface area contributed by atoms with Crippen LogP contribution in [0.4, 0.5) is 9.18 Å². The second kappa shape index (κ2) is 9.63. The third-order valence-electron chi connectivity index (χ3n) is 4.86. The van der Waals surface area contributed by atoms with Gasteiger partial charge in [-0.05, 0) is 36.6 Å². The van der Waals surface area contributed by atoms with E-state index in [0.29, 0.717) is 24.2 Å². The van der Waals surface area contributed by atoms with Gasteiger partial charge in [0.2, 0.25) is 10.0 Å². The van der Waals surface area contributed by atoms with Crippen LogP contribution in [-0.2, 0) is 10.0 Å². The molecule has 1 heterocycles. The van der Waals surface area contributed by atoms with Crippen molar-refractivity contribution in [1.82, 2.24) is 9.62 Å². The zero-order chi connectivity index (χ0) is 21.7. The number of halogens is 2. The van der Waals surface area contributed by atoms with E-state index in [4.69, 9.17) is 21.4 Å². The summed E-state index contributed by atoms with van der Waals surface area (Å²) in [6.07, 6.45) is -0.659. The van der Waals surface area contributed by atoms with Gasteiger partial charge in [-0.25, -0.2) is 21.9 Å². The lowest BCUT2D eigenvalue weighted by atomic mass is 10.1. The van der Waals surface area contributed by atoms with E-state index in [9.17, 15) is 17.6 Å². The Morgan fingerprint density at radius 2 is 1.90 bits per heavy atom. The van der Waals surface area contributed by atoms with Crippen LogP contribution in [0.2, 0.25) is 5.02 Å². The van der Waals surface area contributed by atoms with Gasteiger partial charge >= 0.3 is 6.09 Å². The molecule has 2 N–H and O–H groups in total. The maximum absolute atomic E-state index is 13.2. The summed E-state index contributed by atoms with van der Waals surface area (Å²) in [7, 11) is -3.71. The Morgan fingerprint density at radius 1 is 1.23 bits per heavy atom. The SMILES string of the molecule is O=C(O)NC(CS(=O)(=O)N1CCC(Oc2ccc(F)cc2Cl)CC1)c1ccccc1. The van der Waals surface area contributed by atoms with E-state index in [-0.39, 0.29) is 30.0 Å². The van der Waals surface area contributed by atoms with Gasteiger partial charge in [0, 0.05) is 13.1 Å². The smallest absolute Gasteiger partial charge is 0.405 e. The number of piperidine rings is 1. The molecule has 2 aromatic carbocycles. The molecule has 0 radical (unpaired) electrons. The lowest BCUT2D eigenvalue weighted by Gasteiger charge is -2.32. The molecule has 162 valence electrons. The van der Waals surface area contributed by atoms with Gasteiger partial charge in [0.25, 0.3) is 0 Å². The van der Waals surface area contributed by atoms with Crippen molar-refractivity contribution in [2.24, 2.45) is 0 Å². The van der Waals surface area contributed by atoms with Crippen molar-refractivity contribution in [3.63, 3.8) is 0 Å². The first kappa shape index (κ1) is 22.3. The summed E-state index contributed by atoms with van der Waals surface area (Å²) >= 11 is 5.98. The van der Waals surface area contributed by atoms with Crippen molar-refractivity contribution in [1.29, 1.82) is 0 Å². The summed E-state index contributed by atoms with van der Waals surface area (Å²) in [5.41, 5.74) is 0.577. The fourth-order valence-corrected chi connectivity index (χ4v) is 5.24. The average Bonchev–Trinajstić information content (AvgIpc) is 2.70. The molecule has 10 heteroatoms. The summed E-state index contributed by atoms with van der Waals surface area (Å²) in [4.78, 5) is 11.1. The van der Waals surface area contributed by atoms with Gasteiger partial charge in [-0.3, -0.25) is 0 Å². The molecule has 1 unspecified atom stereocenters. The van der Waals surface area contributed by atoms with Crippen LogP contribution >= 0.6 is 11.6 Å². The number of rotatable bonds is 7. The molecular weight excluding hydrogens is 435 g/mol. The van der Waals surface area contributed by atoms with Crippen molar-refractivity contribution < 1.29 is 27.4 Å². The molecule has 3 rings (SSSR count). The third-order valence-corrected chi connectivity index (χ3v) is 7.06. The van der Waals surface area contributed by atoms with Crippen molar-refractivity contribution in [3.05, 3.63) is 64.9 Å². The predicted octanol–water partition coefficient (Wildman–Crippen LogP) is 3.66. The van der Waals surface area contributed by atoms with Gasteiger partial charge in [0.15, 0.2) is 0 Å². The lowest BCUT2D eigenvalue weighted by Crippen LogP contribution is -2.45. The highest BCUT2D eigenvalue weighted by molar-refractivity contribution is 7.89. The van der Waals surface area contributed by atoms with E-state index >= 15 is 0 Å². The Labute approximate surface area is 179 Å². The second-order valence-corrected chi connectivity index (χ2v) is 9.40. The highest BCUT2D eigenvalue weighted by atomic mass is 35.5. The van der Waals surface area contributed by atoms with E-state index in [1.165, 1.54) is 16.4 Å². The maximum Gasteiger partial charge on any atom is 0.405 e. The fraction of sp³-hybridized carbons (Fsp3) is 0.350. The number of nitrogens with one attached hydrogen (secondary N) is 1. The molecule has 1 amide bonds. The Hall–Kier alpha value is -2.36. The molecule has 0 spiro atoms. The zero-order valence-corrected chi connectivity index (χ0v) is 17.6. The molecule has 1 aliphatic rings. The number of amides is 1. The van der Waals surface area contributed by atoms with Crippen molar-refractivity contribution >= 4 is 27.7 Å². The van der Waals surface area contributed by atoms with Gasteiger partial charge in [-0.1, -0.05) is 41.9 Å². The largest absolute Gasteiger partial charge is 0.489 e. The lowest BCUT2D eigenvalue weighted by molar-refractivity contribution is 0.135. The van der Waals surface area contributed by atoms with Gasteiger partial charge in [0.05, 0.1) is 16.8 Å². The van der Waals surface area contributed by atoms with Crippen LogP contribution < -0.4 is 10.1 Å². The molecule has 2 aromatic rings. The van der Waals surface area contributed by atoms with E-state index < -0.39 is 28.0 Å². The molecule has 7 nitrogen and oxygen atoms in total. The summed E-state index contributed by atoms with van der Waals surface area (Å²) < 4.78 is 46.1. The Bertz CT molecular complexity index is 982. The van der Waals surface area contributed by atoms with Crippen LogP contribution in [0, 0.1) is 5.82 Å². The Balaban J connectivity index is 1.62. The van der Waals surface area contributed by atoms with E-state index in [1.54, 1.807) is 30.3 Å². The van der Waals surface area contributed by atoms with Gasteiger partial charge in [-0.2, -0.15) is 0 Å². The van der Waals surface area contributed by atoms with E-state index in [2.05, 4.69) is 5.32 Å². The summed E-state index contributed by atoms with van der Waals surface area (Å²) in [6, 6.07) is 11.6. The van der Waals surface area contributed by atoms with Crippen LogP contribution in [0.3, 0.4) is 0 Å². The van der Waals surface area contributed by atoms with Gasteiger partial charge in [-0.15, -0.1) is 0 Å². The number of carboxylic acid groups (broad SMARTS) is 1. The van der Waals surface area contributed by atoms with Crippen LogP contribution in [0.1, 0.15) is 24.4 Å². The van der Waals surface area contributed by atoms with Crippen LogP contribution in [-0.4, -0.2) is 48.9 Å². The molecule has 1 aliphatic heterocycles. The van der Waals surface area contributed by atoms with Crippen molar-refractivity contribution in [2.75, 3.05) is 18.8 Å². The molecule has 0 saturated carbocycles. The molecule has 1 fully saturated rings. The van der Waals surface area contributed by atoms with Gasteiger partial charge in [0.1, 0.15) is 17.7 Å². The van der Waals surface area contributed by atoms with Crippen LogP contribution in [0.25, 0.3) is 0 Å². The third kappa shape index (κ3) is 5.84. The van der Waals surface area contributed by atoms with Crippen LogP contribution in [0.15, 0.2) is 48.5 Å².